The lowest BCUT2D eigenvalue weighted by molar-refractivity contribution is -0.130. The molecule has 0 aliphatic heterocycles. The summed E-state index contributed by atoms with van der Waals surface area (Å²) in [6.45, 7) is 6.21. The number of carbonyl (C=O) groups excluding carboxylic acids is 2. The minimum Gasteiger partial charge on any atom is -0.449 e. The van der Waals surface area contributed by atoms with Crippen LogP contribution in [0, 0.1) is 5.41 Å². The molecule has 0 heterocycles. The summed E-state index contributed by atoms with van der Waals surface area (Å²) >= 11 is 6.11. The van der Waals surface area contributed by atoms with Gasteiger partial charge in [0.25, 0.3) is 0 Å². The van der Waals surface area contributed by atoms with E-state index >= 15 is 0 Å². The largest absolute Gasteiger partial charge is 0.449 e. The molecule has 2 amide bonds. The summed E-state index contributed by atoms with van der Waals surface area (Å²) in [5.74, 6) is -0.119. The molecule has 0 saturated heterocycles. The van der Waals surface area contributed by atoms with Crippen LogP contribution in [0.25, 0.3) is 0 Å². The fourth-order valence-corrected chi connectivity index (χ4v) is 2.75. The van der Waals surface area contributed by atoms with Gasteiger partial charge in [0, 0.05) is 22.7 Å². The zero-order chi connectivity index (χ0) is 20.6. The van der Waals surface area contributed by atoms with Gasteiger partial charge in [-0.25, -0.2) is 4.79 Å². The molecule has 5 nitrogen and oxygen atoms in total. The minimum atomic E-state index is -0.676. The van der Waals surface area contributed by atoms with E-state index in [-0.39, 0.29) is 12.5 Å². The smallest absolute Gasteiger partial charge is 0.411 e. The van der Waals surface area contributed by atoms with E-state index in [0.717, 1.165) is 12.0 Å². The van der Waals surface area contributed by atoms with E-state index in [1.807, 2.05) is 56.3 Å². The van der Waals surface area contributed by atoms with Crippen LogP contribution in [0.1, 0.15) is 38.3 Å². The normalized spacial score (nSPS) is 11.0. The standard InChI is InChI=1S/C22H27ClN2O3/c1-4-16-9-11-18(12-10-16)25-21(27)28-14-13-22(2,3)20(26)24-15-17-7-5-6-8-19(17)23/h5-12H,4,13-15H2,1-3H3,(H,24,26)(H,25,27). The second kappa shape index (κ2) is 10.1. The van der Waals surface area contributed by atoms with Gasteiger partial charge in [-0.15, -0.1) is 0 Å². The third-order valence-electron chi connectivity index (χ3n) is 4.58. The highest BCUT2D eigenvalue weighted by molar-refractivity contribution is 6.31. The molecule has 0 saturated carbocycles. The lowest BCUT2D eigenvalue weighted by Gasteiger charge is -2.23. The van der Waals surface area contributed by atoms with Crippen LogP contribution >= 0.6 is 11.6 Å². The number of benzene rings is 2. The predicted octanol–water partition coefficient (Wildman–Crippen LogP) is 5.18. The molecule has 0 radical (unpaired) electrons. The Bertz CT molecular complexity index is 804. The summed E-state index contributed by atoms with van der Waals surface area (Å²) in [4.78, 5) is 24.4. The molecule has 2 aromatic rings. The highest BCUT2D eigenvalue weighted by Gasteiger charge is 2.27. The van der Waals surface area contributed by atoms with Crippen LogP contribution in [0.3, 0.4) is 0 Å². The van der Waals surface area contributed by atoms with Gasteiger partial charge >= 0.3 is 6.09 Å². The summed E-state index contributed by atoms with van der Waals surface area (Å²) in [5, 5.41) is 6.19. The lowest BCUT2D eigenvalue weighted by Crippen LogP contribution is -2.37. The van der Waals surface area contributed by atoms with Crippen molar-refractivity contribution in [2.24, 2.45) is 5.41 Å². The molecule has 6 heteroatoms. The van der Waals surface area contributed by atoms with Crippen molar-refractivity contribution in [2.75, 3.05) is 11.9 Å². The number of aryl methyl sites for hydroxylation is 1. The molecule has 0 atom stereocenters. The van der Waals surface area contributed by atoms with Gasteiger partial charge in [-0.05, 0) is 42.2 Å². The van der Waals surface area contributed by atoms with E-state index in [1.54, 1.807) is 6.07 Å². The average Bonchev–Trinajstić information content (AvgIpc) is 2.67. The Morgan fingerprint density at radius 2 is 1.75 bits per heavy atom. The highest BCUT2D eigenvalue weighted by Crippen LogP contribution is 2.22. The average molecular weight is 403 g/mol. The number of rotatable bonds is 8. The maximum atomic E-state index is 12.5. The van der Waals surface area contributed by atoms with Gasteiger partial charge in [0.2, 0.25) is 5.91 Å². The molecule has 28 heavy (non-hydrogen) atoms. The lowest BCUT2D eigenvalue weighted by atomic mass is 9.88. The topological polar surface area (TPSA) is 67.4 Å². The van der Waals surface area contributed by atoms with Crippen LogP contribution in [0.2, 0.25) is 5.02 Å². The summed E-state index contributed by atoms with van der Waals surface area (Å²) in [7, 11) is 0. The van der Waals surface area contributed by atoms with Gasteiger partial charge in [-0.3, -0.25) is 10.1 Å². The molecule has 0 aromatic heterocycles. The number of ether oxygens (including phenoxy) is 1. The van der Waals surface area contributed by atoms with Crippen molar-refractivity contribution in [3.63, 3.8) is 0 Å². The molecule has 2 rings (SSSR count). The first-order valence-corrected chi connectivity index (χ1v) is 9.74. The van der Waals surface area contributed by atoms with E-state index in [2.05, 4.69) is 17.6 Å². The fraction of sp³-hybridized carbons (Fsp3) is 0.364. The van der Waals surface area contributed by atoms with Crippen molar-refractivity contribution in [1.82, 2.24) is 5.32 Å². The maximum Gasteiger partial charge on any atom is 0.411 e. The Hall–Kier alpha value is -2.53. The van der Waals surface area contributed by atoms with E-state index in [9.17, 15) is 9.59 Å². The minimum absolute atomic E-state index is 0.119. The maximum absolute atomic E-state index is 12.5. The first-order chi connectivity index (χ1) is 13.3. The molecule has 2 N–H and O–H groups in total. The quantitative estimate of drug-likeness (QED) is 0.638. The summed E-state index contributed by atoms with van der Waals surface area (Å²) < 4.78 is 5.22. The summed E-state index contributed by atoms with van der Waals surface area (Å²) in [5.41, 5.74) is 2.06. The number of carbonyl (C=O) groups is 2. The summed E-state index contributed by atoms with van der Waals surface area (Å²) in [6.07, 6.45) is 0.818. The number of anilines is 1. The van der Waals surface area contributed by atoms with Gasteiger partial charge < -0.3 is 10.1 Å². The zero-order valence-corrected chi connectivity index (χ0v) is 17.3. The first kappa shape index (κ1) is 21.8. The molecule has 0 bridgehead atoms. The molecule has 2 aromatic carbocycles. The van der Waals surface area contributed by atoms with Crippen LogP contribution in [0.15, 0.2) is 48.5 Å². The SMILES string of the molecule is CCc1ccc(NC(=O)OCCC(C)(C)C(=O)NCc2ccccc2Cl)cc1. The van der Waals surface area contributed by atoms with Gasteiger partial charge in [-0.2, -0.15) is 0 Å². The number of halogens is 1. The van der Waals surface area contributed by atoms with Crippen molar-refractivity contribution in [3.05, 3.63) is 64.7 Å². The Labute approximate surface area is 171 Å². The fourth-order valence-electron chi connectivity index (χ4n) is 2.55. The van der Waals surface area contributed by atoms with Crippen LogP contribution in [0.4, 0.5) is 10.5 Å². The van der Waals surface area contributed by atoms with E-state index in [1.165, 1.54) is 5.56 Å². The second-order valence-electron chi connectivity index (χ2n) is 7.22. The van der Waals surface area contributed by atoms with E-state index < -0.39 is 11.5 Å². The second-order valence-corrected chi connectivity index (χ2v) is 7.63. The van der Waals surface area contributed by atoms with Crippen LogP contribution in [0.5, 0.6) is 0 Å². The molecule has 0 aliphatic carbocycles. The predicted molar refractivity (Wildman–Crippen MR) is 112 cm³/mol. The molecule has 0 spiro atoms. The van der Waals surface area contributed by atoms with Gasteiger partial charge in [-0.1, -0.05) is 62.7 Å². The third-order valence-corrected chi connectivity index (χ3v) is 4.95. The molecular formula is C22H27ClN2O3. The zero-order valence-electron chi connectivity index (χ0n) is 16.5. The van der Waals surface area contributed by atoms with Crippen molar-refractivity contribution < 1.29 is 14.3 Å². The molecule has 150 valence electrons. The highest BCUT2D eigenvalue weighted by atomic mass is 35.5. The van der Waals surface area contributed by atoms with E-state index in [4.69, 9.17) is 16.3 Å². The van der Waals surface area contributed by atoms with E-state index in [0.29, 0.717) is 23.7 Å². The molecule has 0 unspecified atom stereocenters. The van der Waals surface area contributed by atoms with Crippen molar-refractivity contribution in [1.29, 1.82) is 0 Å². The monoisotopic (exact) mass is 402 g/mol. The van der Waals surface area contributed by atoms with Crippen molar-refractivity contribution in [2.45, 2.75) is 40.2 Å². The van der Waals surface area contributed by atoms with Crippen LogP contribution < -0.4 is 10.6 Å². The van der Waals surface area contributed by atoms with Gasteiger partial charge in [0.1, 0.15) is 0 Å². The van der Waals surface area contributed by atoms with Gasteiger partial charge in [0.15, 0.2) is 0 Å². The third kappa shape index (κ3) is 6.57. The van der Waals surface area contributed by atoms with Crippen LogP contribution in [-0.4, -0.2) is 18.6 Å². The molecule has 0 fully saturated rings. The van der Waals surface area contributed by atoms with Crippen molar-refractivity contribution in [3.8, 4) is 0 Å². The Balaban J connectivity index is 1.75. The number of amides is 2. The Morgan fingerprint density at radius 1 is 1.07 bits per heavy atom. The first-order valence-electron chi connectivity index (χ1n) is 9.36. The van der Waals surface area contributed by atoms with Crippen molar-refractivity contribution >= 4 is 29.3 Å². The molecular weight excluding hydrogens is 376 g/mol. The van der Waals surface area contributed by atoms with Gasteiger partial charge in [0.05, 0.1) is 6.61 Å². The van der Waals surface area contributed by atoms with Crippen LogP contribution in [-0.2, 0) is 22.5 Å². The number of hydrogen-bond acceptors (Lipinski definition) is 3. The summed E-state index contributed by atoms with van der Waals surface area (Å²) in [6, 6.07) is 15.0. The molecule has 0 aliphatic rings. The number of hydrogen-bond donors (Lipinski definition) is 2. The Kier molecular flexibility index (Phi) is 7.88. The number of nitrogens with one attached hydrogen (secondary N) is 2. The Morgan fingerprint density at radius 3 is 2.39 bits per heavy atom.